The Kier molecular flexibility index (Phi) is 6.31. The van der Waals surface area contributed by atoms with Gasteiger partial charge in [-0.05, 0) is 31.0 Å². The molecule has 0 aromatic heterocycles. The lowest BCUT2D eigenvalue weighted by molar-refractivity contribution is -0.136. The van der Waals surface area contributed by atoms with Crippen molar-refractivity contribution in [2.24, 2.45) is 11.5 Å². The topological polar surface area (TPSA) is 226 Å². The van der Waals surface area contributed by atoms with Gasteiger partial charge in [0.15, 0.2) is 11.7 Å². The minimum atomic E-state index is -1.42. The highest BCUT2D eigenvalue weighted by molar-refractivity contribution is 6.30. The smallest absolute Gasteiger partial charge is 0.335 e. The van der Waals surface area contributed by atoms with Crippen LogP contribution in [0.3, 0.4) is 0 Å². The van der Waals surface area contributed by atoms with Gasteiger partial charge < -0.3 is 36.8 Å². The Morgan fingerprint density at radius 1 is 1.03 bits per heavy atom. The van der Waals surface area contributed by atoms with Crippen LogP contribution in [0, 0.1) is 5.41 Å². The second-order valence-corrected chi connectivity index (χ2v) is 7.26. The molecule has 1 aliphatic rings. The standard InChI is InChI=1S/C21H20N4O8/c22-12(2-1-3-25-21(23)24)20(32)33-9-6-11-16(14(27)7-9)18(29)15-10(17(11)28)4-8(19(30)31)5-13(15)26/h4-7,12,26-27H,1-3,22H2,(H,30,31)(H4,23,24,25)/t12-/m0/s1. The van der Waals surface area contributed by atoms with Crippen molar-refractivity contribution in [3.63, 3.8) is 0 Å². The van der Waals surface area contributed by atoms with Gasteiger partial charge in [-0.2, -0.15) is 0 Å². The number of fused-ring (bicyclic) bond motifs is 2. The summed E-state index contributed by atoms with van der Waals surface area (Å²) in [6.07, 6.45) is 0.600. The fourth-order valence-corrected chi connectivity index (χ4v) is 3.37. The van der Waals surface area contributed by atoms with Crippen molar-refractivity contribution in [2.75, 3.05) is 6.54 Å². The van der Waals surface area contributed by atoms with E-state index in [1.54, 1.807) is 0 Å². The SMILES string of the molecule is N=C(N)NCCC[C@H](N)C(=O)Oc1cc(O)c2c(c1)C(=O)c1cc(C(=O)O)cc(O)c1C2=O. The first-order valence-electron chi connectivity index (χ1n) is 9.63. The Bertz CT molecular complexity index is 1210. The predicted molar refractivity (Wildman–Crippen MR) is 113 cm³/mol. The Balaban J connectivity index is 1.87. The van der Waals surface area contributed by atoms with Gasteiger partial charge in [0.1, 0.15) is 23.3 Å². The summed E-state index contributed by atoms with van der Waals surface area (Å²) in [6, 6.07) is 2.74. The van der Waals surface area contributed by atoms with Crippen molar-refractivity contribution >= 4 is 29.5 Å². The van der Waals surface area contributed by atoms with Crippen molar-refractivity contribution in [1.82, 2.24) is 5.32 Å². The number of aromatic carboxylic acids is 1. The van der Waals surface area contributed by atoms with E-state index in [0.29, 0.717) is 13.0 Å². The Morgan fingerprint density at radius 2 is 1.64 bits per heavy atom. The summed E-state index contributed by atoms with van der Waals surface area (Å²) in [5, 5.41) is 39.2. The Morgan fingerprint density at radius 3 is 2.24 bits per heavy atom. The van der Waals surface area contributed by atoms with Crippen LogP contribution in [0.5, 0.6) is 17.2 Å². The van der Waals surface area contributed by atoms with E-state index in [1.807, 2.05) is 0 Å². The second kappa shape index (κ2) is 8.96. The molecule has 12 nitrogen and oxygen atoms in total. The zero-order valence-corrected chi connectivity index (χ0v) is 17.0. The summed E-state index contributed by atoms with van der Waals surface area (Å²) in [7, 11) is 0. The van der Waals surface area contributed by atoms with E-state index >= 15 is 0 Å². The fourth-order valence-electron chi connectivity index (χ4n) is 3.37. The number of esters is 1. The van der Waals surface area contributed by atoms with E-state index in [4.69, 9.17) is 26.7 Å². The normalized spacial score (nSPS) is 13.0. The van der Waals surface area contributed by atoms with Gasteiger partial charge in [0.05, 0.1) is 16.7 Å². The van der Waals surface area contributed by atoms with Gasteiger partial charge in [0.25, 0.3) is 0 Å². The molecule has 3 rings (SSSR count). The minimum absolute atomic E-state index is 0.193. The van der Waals surface area contributed by atoms with Crippen LogP contribution in [0.4, 0.5) is 0 Å². The van der Waals surface area contributed by atoms with Crippen LogP contribution in [-0.2, 0) is 4.79 Å². The number of guanidine groups is 1. The third-order valence-electron chi connectivity index (χ3n) is 4.93. The molecule has 0 unspecified atom stereocenters. The molecule has 12 heteroatoms. The maximum Gasteiger partial charge on any atom is 0.335 e. The average molecular weight is 456 g/mol. The zero-order chi connectivity index (χ0) is 24.4. The van der Waals surface area contributed by atoms with E-state index in [1.165, 1.54) is 0 Å². The van der Waals surface area contributed by atoms with Gasteiger partial charge in [-0.3, -0.25) is 15.0 Å². The number of phenols is 2. The molecule has 0 aliphatic heterocycles. The first-order chi connectivity index (χ1) is 15.5. The first kappa shape index (κ1) is 23.2. The maximum absolute atomic E-state index is 13.0. The van der Waals surface area contributed by atoms with Crippen LogP contribution >= 0.6 is 0 Å². The number of hydrogen-bond donors (Lipinski definition) is 7. The summed E-state index contributed by atoms with van der Waals surface area (Å²) < 4.78 is 5.14. The third kappa shape index (κ3) is 4.60. The molecule has 0 heterocycles. The molecule has 172 valence electrons. The van der Waals surface area contributed by atoms with Gasteiger partial charge in [-0.15, -0.1) is 0 Å². The highest BCUT2D eigenvalue weighted by atomic mass is 16.5. The second-order valence-electron chi connectivity index (χ2n) is 7.26. The molecule has 0 spiro atoms. The molecule has 1 atom stereocenters. The molecule has 0 radical (unpaired) electrons. The number of ether oxygens (including phenoxy) is 1. The van der Waals surface area contributed by atoms with E-state index in [0.717, 1.165) is 24.3 Å². The Hall–Kier alpha value is -4.45. The quantitative estimate of drug-likeness (QED) is 0.0827. The third-order valence-corrected chi connectivity index (χ3v) is 4.93. The molecule has 0 amide bonds. The molecule has 2 aromatic carbocycles. The fraction of sp³-hybridized carbons (Fsp3) is 0.190. The van der Waals surface area contributed by atoms with Gasteiger partial charge in [-0.25, -0.2) is 9.59 Å². The number of ketones is 2. The highest BCUT2D eigenvalue weighted by Crippen LogP contribution is 2.39. The number of nitrogens with one attached hydrogen (secondary N) is 2. The van der Waals surface area contributed by atoms with Gasteiger partial charge in [0, 0.05) is 23.7 Å². The summed E-state index contributed by atoms with van der Waals surface area (Å²) in [6.45, 7) is 0.317. The summed E-state index contributed by atoms with van der Waals surface area (Å²) in [4.78, 5) is 49.3. The van der Waals surface area contributed by atoms with E-state index in [-0.39, 0.29) is 29.3 Å². The number of aromatic hydroxyl groups is 2. The van der Waals surface area contributed by atoms with Crippen LogP contribution in [0.15, 0.2) is 24.3 Å². The number of hydrogen-bond acceptors (Lipinski definition) is 9. The number of rotatable bonds is 7. The Labute approximate surface area is 186 Å². The zero-order valence-electron chi connectivity index (χ0n) is 17.0. The predicted octanol–water partition coefficient (Wildman–Crippen LogP) is 0.0674. The molecule has 33 heavy (non-hydrogen) atoms. The lowest BCUT2D eigenvalue weighted by Gasteiger charge is -2.21. The van der Waals surface area contributed by atoms with Crippen molar-refractivity contribution in [3.05, 3.63) is 52.1 Å². The number of carboxylic acid groups (broad SMARTS) is 1. The number of carbonyl (C=O) groups excluding carboxylic acids is 3. The number of carbonyl (C=O) groups is 4. The van der Waals surface area contributed by atoms with Gasteiger partial charge in [-0.1, -0.05) is 0 Å². The lowest BCUT2D eigenvalue weighted by atomic mass is 9.82. The highest BCUT2D eigenvalue weighted by Gasteiger charge is 2.36. The summed E-state index contributed by atoms with van der Waals surface area (Å²) >= 11 is 0. The van der Waals surface area contributed by atoms with Gasteiger partial charge >= 0.3 is 11.9 Å². The molecular weight excluding hydrogens is 436 g/mol. The van der Waals surface area contributed by atoms with E-state index in [2.05, 4.69) is 5.32 Å². The largest absolute Gasteiger partial charge is 0.507 e. The molecular formula is C21H20N4O8. The molecule has 0 bridgehead atoms. The van der Waals surface area contributed by atoms with Crippen LogP contribution in [0.25, 0.3) is 0 Å². The number of phenolic OH excluding ortho intramolecular Hbond substituents is 2. The van der Waals surface area contributed by atoms with Crippen LogP contribution < -0.4 is 21.5 Å². The van der Waals surface area contributed by atoms with Crippen LogP contribution in [-0.4, -0.2) is 57.4 Å². The van der Waals surface area contributed by atoms with Crippen molar-refractivity contribution in [3.8, 4) is 17.2 Å². The number of carboxylic acids is 1. The molecule has 0 saturated heterocycles. The number of benzene rings is 2. The average Bonchev–Trinajstić information content (AvgIpc) is 2.73. The molecule has 0 saturated carbocycles. The molecule has 2 aromatic rings. The monoisotopic (exact) mass is 456 g/mol. The van der Waals surface area contributed by atoms with Crippen LogP contribution in [0.1, 0.15) is 55.0 Å². The van der Waals surface area contributed by atoms with E-state index < -0.39 is 57.7 Å². The van der Waals surface area contributed by atoms with Gasteiger partial charge in [0.2, 0.25) is 5.78 Å². The lowest BCUT2D eigenvalue weighted by Crippen LogP contribution is -2.36. The summed E-state index contributed by atoms with van der Waals surface area (Å²) in [5.74, 6) is -5.87. The molecule has 0 fully saturated rings. The van der Waals surface area contributed by atoms with E-state index in [9.17, 15) is 29.4 Å². The minimum Gasteiger partial charge on any atom is -0.507 e. The van der Waals surface area contributed by atoms with Crippen molar-refractivity contribution in [1.29, 1.82) is 5.41 Å². The molecule has 9 N–H and O–H groups in total. The summed E-state index contributed by atoms with van der Waals surface area (Å²) in [5.41, 5.74) is 9.00. The number of nitrogens with two attached hydrogens (primary N) is 2. The van der Waals surface area contributed by atoms with Crippen molar-refractivity contribution < 1.29 is 39.2 Å². The van der Waals surface area contributed by atoms with Crippen molar-refractivity contribution in [2.45, 2.75) is 18.9 Å². The maximum atomic E-state index is 13.0. The first-order valence-corrected chi connectivity index (χ1v) is 9.63. The molecule has 1 aliphatic carbocycles. The van der Waals surface area contributed by atoms with Crippen LogP contribution in [0.2, 0.25) is 0 Å².